The van der Waals surface area contributed by atoms with Crippen molar-refractivity contribution in [2.45, 2.75) is 6.42 Å². The lowest BCUT2D eigenvalue weighted by Gasteiger charge is -2.13. The minimum absolute atomic E-state index is 0.304. The van der Waals surface area contributed by atoms with Crippen molar-refractivity contribution in [2.24, 2.45) is 0 Å². The molecule has 1 aliphatic rings. The van der Waals surface area contributed by atoms with Gasteiger partial charge in [-0.1, -0.05) is 6.08 Å². The van der Waals surface area contributed by atoms with Crippen LogP contribution in [0.25, 0.3) is 5.57 Å². The normalized spacial score (nSPS) is 16.8. The molecule has 2 heterocycles. The highest BCUT2D eigenvalue weighted by Gasteiger charge is 2.05. The molecule has 1 aliphatic heterocycles. The molecule has 13 heavy (non-hydrogen) atoms. The maximum atomic E-state index is 5.60. The summed E-state index contributed by atoms with van der Waals surface area (Å²) in [7, 11) is 0. The Kier molecular flexibility index (Phi) is 2.57. The second-order valence-electron chi connectivity index (χ2n) is 2.92. The van der Waals surface area contributed by atoms with Gasteiger partial charge >= 0.3 is 0 Å². The summed E-state index contributed by atoms with van der Waals surface area (Å²) in [5.74, 6) is 0. The van der Waals surface area contributed by atoms with Gasteiger partial charge in [0.2, 0.25) is 5.28 Å². The van der Waals surface area contributed by atoms with E-state index >= 15 is 0 Å². The van der Waals surface area contributed by atoms with Crippen LogP contribution >= 0.6 is 11.6 Å². The highest BCUT2D eigenvalue weighted by Crippen LogP contribution is 2.18. The van der Waals surface area contributed by atoms with Gasteiger partial charge in [-0.15, -0.1) is 0 Å². The second kappa shape index (κ2) is 3.85. The van der Waals surface area contributed by atoms with Crippen molar-refractivity contribution in [3.63, 3.8) is 0 Å². The second-order valence-corrected chi connectivity index (χ2v) is 3.26. The molecule has 1 aromatic heterocycles. The summed E-state index contributed by atoms with van der Waals surface area (Å²) in [5.41, 5.74) is 2.38. The van der Waals surface area contributed by atoms with E-state index in [2.05, 4.69) is 21.4 Å². The van der Waals surface area contributed by atoms with Crippen LogP contribution in [0.1, 0.15) is 12.0 Å². The number of nitrogens with zero attached hydrogens (tertiary/aromatic N) is 2. The van der Waals surface area contributed by atoms with Crippen LogP contribution in [0.4, 0.5) is 0 Å². The predicted molar refractivity (Wildman–Crippen MR) is 52.5 cm³/mol. The van der Waals surface area contributed by atoms with Crippen molar-refractivity contribution in [1.29, 1.82) is 0 Å². The lowest BCUT2D eigenvalue weighted by Crippen LogP contribution is -2.20. The van der Waals surface area contributed by atoms with Crippen LogP contribution in [0.15, 0.2) is 18.5 Å². The Labute approximate surface area is 81.9 Å². The molecule has 4 heteroatoms. The fourth-order valence-corrected chi connectivity index (χ4v) is 1.46. The van der Waals surface area contributed by atoms with E-state index in [-0.39, 0.29) is 0 Å². The Morgan fingerprint density at radius 3 is 2.69 bits per heavy atom. The summed E-state index contributed by atoms with van der Waals surface area (Å²) < 4.78 is 0. The molecule has 0 saturated carbocycles. The average molecular weight is 196 g/mol. The number of hydrogen-bond donors (Lipinski definition) is 1. The molecule has 1 N–H and O–H groups in total. The lowest BCUT2D eigenvalue weighted by molar-refractivity contribution is 0.738. The summed E-state index contributed by atoms with van der Waals surface area (Å²) in [6, 6.07) is 0. The Balaban J connectivity index is 2.24. The highest BCUT2D eigenvalue weighted by molar-refractivity contribution is 6.28. The average Bonchev–Trinajstić information content (AvgIpc) is 2.20. The van der Waals surface area contributed by atoms with Crippen molar-refractivity contribution in [1.82, 2.24) is 15.3 Å². The Hall–Kier alpha value is -0.930. The minimum atomic E-state index is 0.304. The van der Waals surface area contributed by atoms with Gasteiger partial charge in [0.05, 0.1) is 0 Å². The zero-order chi connectivity index (χ0) is 9.10. The highest BCUT2D eigenvalue weighted by atomic mass is 35.5. The van der Waals surface area contributed by atoms with Gasteiger partial charge in [0.25, 0.3) is 0 Å². The first-order chi connectivity index (χ1) is 6.36. The monoisotopic (exact) mass is 195 g/mol. The van der Waals surface area contributed by atoms with E-state index in [9.17, 15) is 0 Å². The molecule has 0 aromatic carbocycles. The molecule has 2 rings (SSSR count). The Bertz CT molecular complexity index is 318. The van der Waals surface area contributed by atoms with Gasteiger partial charge in [-0.05, 0) is 30.1 Å². The van der Waals surface area contributed by atoms with Gasteiger partial charge in [-0.3, -0.25) is 0 Å². The maximum absolute atomic E-state index is 5.60. The zero-order valence-electron chi connectivity index (χ0n) is 7.13. The molecule has 0 fully saturated rings. The van der Waals surface area contributed by atoms with Crippen molar-refractivity contribution in [3.05, 3.63) is 29.3 Å². The molecule has 68 valence electrons. The standard InChI is InChI=1S/C9H10ClN3/c10-9-12-5-8(6-13-9)7-1-3-11-4-2-7/h1,5-6,11H,2-4H2. The summed E-state index contributed by atoms with van der Waals surface area (Å²) >= 11 is 5.60. The van der Waals surface area contributed by atoms with Crippen LogP contribution in [0.2, 0.25) is 5.28 Å². The SMILES string of the molecule is Clc1ncc(C2=CCNCC2)cn1. The van der Waals surface area contributed by atoms with Gasteiger partial charge in [0, 0.05) is 24.5 Å². The molecule has 0 atom stereocenters. The van der Waals surface area contributed by atoms with Gasteiger partial charge in [-0.2, -0.15) is 0 Å². The topological polar surface area (TPSA) is 37.8 Å². The first-order valence-corrected chi connectivity index (χ1v) is 4.62. The van der Waals surface area contributed by atoms with Crippen molar-refractivity contribution in [3.8, 4) is 0 Å². The van der Waals surface area contributed by atoms with Crippen LogP contribution in [-0.4, -0.2) is 23.1 Å². The van der Waals surface area contributed by atoms with Crippen molar-refractivity contribution in [2.75, 3.05) is 13.1 Å². The van der Waals surface area contributed by atoms with Crippen molar-refractivity contribution < 1.29 is 0 Å². The van der Waals surface area contributed by atoms with Gasteiger partial charge < -0.3 is 5.32 Å². The number of halogens is 1. The summed E-state index contributed by atoms with van der Waals surface area (Å²) in [6.45, 7) is 1.95. The minimum Gasteiger partial charge on any atom is -0.313 e. The van der Waals surface area contributed by atoms with Crippen LogP contribution in [0.5, 0.6) is 0 Å². The zero-order valence-corrected chi connectivity index (χ0v) is 7.88. The number of hydrogen-bond acceptors (Lipinski definition) is 3. The first-order valence-electron chi connectivity index (χ1n) is 4.24. The summed E-state index contributed by atoms with van der Waals surface area (Å²) in [4.78, 5) is 7.89. The molecule has 0 radical (unpaired) electrons. The van der Waals surface area contributed by atoms with Crippen molar-refractivity contribution >= 4 is 17.2 Å². The number of aromatic nitrogens is 2. The van der Waals surface area contributed by atoms with E-state index in [0.717, 1.165) is 25.1 Å². The first kappa shape index (κ1) is 8.66. The molecule has 0 amide bonds. The van der Waals surface area contributed by atoms with Crippen LogP contribution < -0.4 is 5.32 Å². The molecule has 0 unspecified atom stereocenters. The van der Waals surface area contributed by atoms with Gasteiger partial charge in [-0.25, -0.2) is 9.97 Å². The molecular formula is C9H10ClN3. The summed E-state index contributed by atoms with van der Waals surface area (Å²) in [6.07, 6.45) is 6.74. The van der Waals surface area contributed by atoms with Crippen LogP contribution in [0, 0.1) is 0 Å². The number of nitrogens with one attached hydrogen (secondary N) is 1. The predicted octanol–water partition coefficient (Wildman–Crippen LogP) is 1.51. The van der Waals surface area contributed by atoms with Gasteiger partial charge in [0.15, 0.2) is 0 Å². The fraction of sp³-hybridized carbons (Fsp3) is 0.333. The Morgan fingerprint density at radius 2 is 2.08 bits per heavy atom. The molecule has 0 spiro atoms. The lowest BCUT2D eigenvalue weighted by atomic mass is 10.0. The van der Waals surface area contributed by atoms with E-state index in [1.165, 1.54) is 5.57 Å². The van der Waals surface area contributed by atoms with E-state index < -0.39 is 0 Å². The molecule has 0 aliphatic carbocycles. The third-order valence-electron chi connectivity index (χ3n) is 2.06. The van der Waals surface area contributed by atoms with Gasteiger partial charge in [0.1, 0.15) is 0 Å². The largest absolute Gasteiger partial charge is 0.313 e. The van der Waals surface area contributed by atoms with Crippen LogP contribution in [0.3, 0.4) is 0 Å². The smallest absolute Gasteiger partial charge is 0.222 e. The molecule has 0 saturated heterocycles. The maximum Gasteiger partial charge on any atom is 0.222 e. The van der Waals surface area contributed by atoms with E-state index in [1.807, 2.05) is 0 Å². The quantitative estimate of drug-likeness (QED) is 0.691. The molecule has 0 bridgehead atoms. The summed E-state index contributed by atoms with van der Waals surface area (Å²) in [5, 5.41) is 3.56. The van der Waals surface area contributed by atoms with E-state index in [0.29, 0.717) is 5.28 Å². The fourth-order valence-electron chi connectivity index (χ4n) is 1.36. The molecule has 1 aromatic rings. The van der Waals surface area contributed by atoms with Crippen LogP contribution in [-0.2, 0) is 0 Å². The molecular weight excluding hydrogens is 186 g/mol. The molecule has 3 nitrogen and oxygen atoms in total. The van der Waals surface area contributed by atoms with E-state index in [4.69, 9.17) is 11.6 Å². The van der Waals surface area contributed by atoms with E-state index in [1.54, 1.807) is 12.4 Å². The third kappa shape index (κ3) is 2.05. The third-order valence-corrected chi connectivity index (χ3v) is 2.25. The Morgan fingerprint density at radius 1 is 1.31 bits per heavy atom. The number of rotatable bonds is 1.